The molecule has 0 fully saturated rings. The Hall–Kier alpha value is -2.20. The maximum atomic E-state index is 14.3. The molecular formula is C16H10ClFIN5O. The van der Waals surface area contributed by atoms with Crippen LogP contribution in [0.5, 0.6) is 0 Å². The van der Waals surface area contributed by atoms with Crippen LogP contribution in [0.2, 0.25) is 5.02 Å². The number of hydrogen-bond acceptors (Lipinski definition) is 5. The highest BCUT2D eigenvalue weighted by Crippen LogP contribution is 2.28. The van der Waals surface area contributed by atoms with Crippen LogP contribution in [0.25, 0.3) is 22.6 Å². The molecule has 0 saturated carbocycles. The Balaban J connectivity index is 1.60. The van der Waals surface area contributed by atoms with Gasteiger partial charge in [0.1, 0.15) is 11.4 Å². The second-order valence-electron chi connectivity index (χ2n) is 5.32. The molecule has 0 atom stereocenters. The van der Waals surface area contributed by atoms with Crippen LogP contribution in [-0.4, -0.2) is 20.6 Å². The fourth-order valence-electron chi connectivity index (χ4n) is 2.43. The third-order valence-electron chi connectivity index (χ3n) is 3.67. The average molecular weight is 470 g/mol. The minimum atomic E-state index is -0.354. The highest BCUT2D eigenvalue weighted by Gasteiger charge is 2.13. The first-order valence-corrected chi connectivity index (χ1v) is 8.71. The van der Waals surface area contributed by atoms with Crippen LogP contribution < -0.4 is 5.32 Å². The summed E-state index contributed by atoms with van der Waals surface area (Å²) in [6, 6.07) is 10.5. The Labute approximate surface area is 159 Å². The molecule has 0 aliphatic heterocycles. The van der Waals surface area contributed by atoms with E-state index in [-0.39, 0.29) is 5.82 Å². The molecule has 0 bridgehead atoms. The molecule has 2 heterocycles. The predicted molar refractivity (Wildman–Crippen MR) is 101 cm³/mol. The largest absolute Gasteiger partial charge is 0.453 e. The van der Waals surface area contributed by atoms with Crippen LogP contribution in [0.1, 0.15) is 5.56 Å². The van der Waals surface area contributed by atoms with Crippen LogP contribution in [0.15, 0.2) is 40.8 Å². The second kappa shape index (κ2) is 6.60. The van der Waals surface area contributed by atoms with E-state index < -0.39 is 0 Å². The Morgan fingerprint density at radius 2 is 2.12 bits per heavy atom. The highest BCUT2D eigenvalue weighted by atomic mass is 127. The smallest absolute Gasteiger partial charge is 0.215 e. The lowest BCUT2D eigenvalue weighted by atomic mass is 10.1. The minimum Gasteiger partial charge on any atom is -0.453 e. The molecule has 0 aliphatic carbocycles. The number of tetrazole rings is 1. The van der Waals surface area contributed by atoms with Gasteiger partial charge in [0.15, 0.2) is 5.76 Å². The lowest BCUT2D eigenvalue weighted by Crippen LogP contribution is -2.01. The van der Waals surface area contributed by atoms with Crippen molar-refractivity contribution < 1.29 is 8.81 Å². The molecule has 2 aromatic heterocycles. The molecule has 2 N–H and O–H groups in total. The van der Waals surface area contributed by atoms with Gasteiger partial charge in [0.2, 0.25) is 5.82 Å². The number of aromatic amines is 1. The Kier molecular flexibility index (Phi) is 4.30. The average Bonchev–Trinajstić information content (AvgIpc) is 3.24. The summed E-state index contributed by atoms with van der Waals surface area (Å²) >= 11 is 8.26. The van der Waals surface area contributed by atoms with Crippen molar-refractivity contribution in [1.29, 1.82) is 0 Å². The lowest BCUT2D eigenvalue weighted by molar-refractivity contribution is 0.596. The van der Waals surface area contributed by atoms with E-state index >= 15 is 0 Å². The van der Waals surface area contributed by atoms with Crippen molar-refractivity contribution >= 4 is 50.8 Å². The molecule has 0 spiro atoms. The Bertz CT molecular complexity index is 1050. The van der Waals surface area contributed by atoms with E-state index in [9.17, 15) is 4.39 Å². The molecule has 25 heavy (non-hydrogen) atoms. The number of furan rings is 1. The normalized spacial score (nSPS) is 11.2. The molecule has 6 nitrogen and oxygen atoms in total. The third kappa shape index (κ3) is 3.31. The third-order valence-corrected chi connectivity index (χ3v) is 5.24. The molecular weight excluding hydrogens is 460 g/mol. The molecule has 4 rings (SSSR count). The maximum Gasteiger partial charge on any atom is 0.215 e. The van der Waals surface area contributed by atoms with Gasteiger partial charge >= 0.3 is 0 Å². The summed E-state index contributed by atoms with van der Waals surface area (Å²) in [7, 11) is 0. The molecule has 4 aromatic rings. The number of nitrogens with one attached hydrogen (secondary N) is 2. The number of H-pyrrole nitrogens is 1. The van der Waals surface area contributed by atoms with Gasteiger partial charge in [-0.3, -0.25) is 0 Å². The zero-order chi connectivity index (χ0) is 17.4. The van der Waals surface area contributed by atoms with Gasteiger partial charge in [0.25, 0.3) is 0 Å². The van der Waals surface area contributed by atoms with Crippen molar-refractivity contribution in [2.24, 2.45) is 0 Å². The van der Waals surface area contributed by atoms with Crippen LogP contribution in [0.3, 0.4) is 0 Å². The lowest BCUT2D eigenvalue weighted by Gasteiger charge is -2.08. The minimum absolute atomic E-state index is 0.322. The first kappa shape index (κ1) is 16.3. The standard InChI is InChI=1S/C16H10ClFIN5O/c17-11-5-10(1-2-13(11)19)20-7-9-3-8-4-15(16-21-23-24-22-16)25-14(8)6-12(9)18/h1-6,20H,7H2,(H,21,22,23,24). The zero-order valence-electron chi connectivity index (χ0n) is 12.6. The molecule has 9 heteroatoms. The number of hydrogen-bond donors (Lipinski definition) is 2. The molecule has 0 amide bonds. The van der Waals surface area contributed by atoms with Gasteiger partial charge < -0.3 is 9.73 Å². The van der Waals surface area contributed by atoms with Crippen molar-refractivity contribution in [3.8, 4) is 11.6 Å². The number of benzene rings is 2. The Morgan fingerprint density at radius 3 is 2.88 bits per heavy atom. The van der Waals surface area contributed by atoms with E-state index in [1.165, 1.54) is 6.07 Å². The fraction of sp³-hybridized carbons (Fsp3) is 0.0625. The fourth-order valence-corrected chi connectivity index (χ4v) is 2.94. The molecule has 0 saturated heterocycles. The second-order valence-corrected chi connectivity index (χ2v) is 6.89. The van der Waals surface area contributed by atoms with Crippen LogP contribution in [0, 0.1) is 9.39 Å². The van der Waals surface area contributed by atoms with Crippen LogP contribution in [0.4, 0.5) is 10.1 Å². The number of aromatic nitrogens is 4. The monoisotopic (exact) mass is 469 g/mol. The summed E-state index contributed by atoms with van der Waals surface area (Å²) in [5.41, 5.74) is 1.78. The van der Waals surface area contributed by atoms with Crippen molar-refractivity contribution in [2.75, 3.05) is 5.32 Å². The van der Waals surface area contributed by atoms with Gasteiger partial charge in [-0.1, -0.05) is 11.6 Å². The maximum absolute atomic E-state index is 14.3. The first-order valence-electron chi connectivity index (χ1n) is 7.25. The molecule has 0 aliphatic rings. The quantitative estimate of drug-likeness (QED) is 0.426. The van der Waals surface area contributed by atoms with E-state index in [0.717, 1.165) is 14.6 Å². The molecule has 0 radical (unpaired) electrons. The Morgan fingerprint density at radius 1 is 1.24 bits per heavy atom. The summed E-state index contributed by atoms with van der Waals surface area (Å²) in [5.74, 6) is 0.493. The van der Waals surface area contributed by atoms with Crippen LogP contribution >= 0.6 is 34.2 Å². The van der Waals surface area contributed by atoms with Gasteiger partial charge in [-0.2, -0.15) is 0 Å². The van der Waals surface area contributed by atoms with Gasteiger partial charge in [0, 0.05) is 32.8 Å². The predicted octanol–water partition coefficient (Wildman–Crippen LogP) is 4.62. The van der Waals surface area contributed by atoms with E-state index in [0.29, 0.717) is 34.3 Å². The summed E-state index contributed by atoms with van der Waals surface area (Å²) < 4.78 is 20.9. The van der Waals surface area contributed by atoms with Gasteiger partial charge in [-0.25, -0.2) is 9.49 Å². The van der Waals surface area contributed by atoms with E-state index in [2.05, 4.69) is 48.5 Å². The number of anilines is 1. The topological polar surface area (TPSA) is 79.6 Å². The molecule has 126 valence electrons. The van der Waals surface area contributed by atoms with Crippen molar-refractivity contribution in [3.05, 3.63) is 56.4 Å². The van der Waals surface area contributed by atoms with Crippen LogP contribution in [-0.2, 0) is 6.54 Å². The summed E-state index contributed by atoms with van der Waals surface area (Å²) in [5, 5.41) is 18.0. The van der Waals surface area contributed by atoms with Gasteiger partial charge in [-0.05, 0) is 63.3 Å². The SMILES string of the molecule is Fc1cc2oc(-c3nnn[nH]3)cc2cc1CNc1ccc(I)c(Cl)c1. The van der Waals surface area contributed by atoms with Gasteiger partial charge in [-0.15, -0.1) is 5.10 Å². The number of halogens is 3. The van der Waals surface area contributed by atoms with Gasteiger partial charge in [0.05, 0.1) is 5.02 Å². The van der Waals surface area contributed by atoms with E-state index in [1.54, 1.807) is 12.1 Å². The van der Waals surface area contributed by atoms with Crippen molar-refractivity contribution in [1.82, 2.24) is 20.6 Å². The number of fused-ring (bicyclic) bond motifs is 1. The van der Waals surface area contributed by atoms with Crippen molar-refractivity contribution in [3.63, 3.8) is 0 Å². The first-order chi connectivity index (χ1) is 12.1. The van der Waals surface area contributed by atoms with E-state index in [1.807, 2.05) is 18.2 Å². The molecule has 2 aromatic carbocycles. The number of nitrogens with zero attached hydrogens (tertiary/aromatic N) is 3. The summed E-state index contributed by atoms with van der Waals surface area (Å²) in [4.78, 5) is 0. The summed E-state index contributed by atoms with van der Waals surface area (Å²) in [6.45, 7) is 0.322. The van der Waals surface area contributed by atoms with Crippen molar-refractivity contribution in [2.45, 2.75) is 6.54 Å². The summed E-state index contributed by atoms with van der Waals surface area (Å²) in [6.07, 6.45) is 0. The number of rotatable bonds is 4. The highest BCUT2D eigenvalue weighted by molar-refractivity contribution is 14.1. The molecule has 0 unspecified atom stereocenters. The van der Waals surface area contributed by atoms with E-state index in [4.69, 9.17) is 16.0 Å². The zero-order valence-corrected chi connectivity index (χ0v) is 15.5.